The molecule has 0 aromatic heterocycles. The second-order valence-corrected chi connectivity index (χ2v) is 11.6. The molecule has 1 N–H and O–H groups in total. The SMILES string of the molecule is CCCCCCCCCCCCCC(=O)OC(=O)CCCCCCCCCCCCCCCCCCCO. The Kier molecular flexibility index (Phi) is 31.5. The Morgan fingerprint density at radius 1 is 0.395 bits per heavy atom. The van der Waals surface area contributed by atoms with E-state index in [0.29, 0.717) is 19.4 Å². The number of aliphatic hydroxyl groups is 1. The van der Waals surface area contributed by atoms with Crippen LogP contribution in [0.25, 0.3) is 0 Å². The molecule has 0 bridgehead atoms. The summed E-state index contributed by atoms with van der Waals surface area (Å²) in [6, 6.07) is 0. The largest absolute Gasteiger partial charge is 0.396 e. The maximum Gasteiger partial charge on any atom is 0.313 e. The van der Waals surface area contributed by atoms with Gasteiger partial charge >= 0.3 is 11.9 Å². The Hall–Kier alpha value is -0.900. The van der Waals surface area contributed by atoms with Crippen LogP contribution < -0.4 is 0 Å². The maximum atomic E-state index is 11.9. The van der Waals surface area contributed by atoms with Crippen LogP contribution in [-0.4, -0.2) is 23.7 Å². The van der Waals surface area contributed by atoms with E-state index in [9.17, 15) is 9.59 Å². The van der Waals surface area contributed by atoms with E-state index in [4.69, 9.17) is 9.84 Å². The number of hydrogen-bond donors (Lipinski definition) is 1. The average molecular weight is 539 g/mol. The predicted octanol–water partition coefficient (Wildman–Crippen LogP) is 10.8. The molecule has 0 saturated heterocycles. The van der Waals surface area contributed by atoms with E-state index in [1.807, 2.05) is 0 Å². The van der Waals surface area contributed by atoms with Gasteiger partial charge in [-0.1, -0.05) is 167 Å². The number of carbonyl (C=O) groups excluding carboxylic acids is 2. The molecule has 0 fully saturated rings. The number of esters is 2. The van der Waals surface area contributed by atoms with Crippen LogP contribution in [0.1, 0.15) is 200 Å². The third-order valence-corrected chi connectivity index (χ3v) is 7.75. The molecule has 0 rings (SSSR count). The van der Waals surface area contributed by atoms with E-state index in [0.717, 1.165) is 32.1 Å². The number of rotatable bonds is 31. The van der Waals surface area contributed by atoms with E-state index >= 15 is 0 Å². The highest BCUT2D eigenvalue weighted by molar-refractivity contribution is 5.85. The molecule has 0 aromatic rings. The van der Waals surface area contributed by atoms with Gasteiger partial charge in [0.1, 0.15) is 0 Å². The summed E-state index contributed by atoms with van der Waals surface area (Å²) < 4.78 is 4.99. The van der Waals surface area contributed by atoms with Crippen molar-refractivity contribution in [2.24, 2.45) is 0 Å². The molecule has 0 heterocycles. The lowest BCUT2D eigenvalue weighted by atomic mass is 10.0. The zero-order valence-electron chi connectivity index (χ0n) is 25.6. The highest BCUT2D eigenvalue weighted by Crippen LogP contribution is 2.15. The van der Waals surface area contributed by atoms with Crippen LogP contribution in [0.5, 0.6) is 0 Å². The molecular weight excluding hydrogens is 472 g/mol. The average Bonchev–Trinajstić information content (AvgIpc) is 2.91. The lowest BCUT2D eigenvalue weighted by Crippen LogP contribution is -2.11. The first-order chi connectivity index (χ1) is 18.7. The summed E-state index contributed by atoms with van der Waals surface area (Å²) >= 11 is 0. The molecule has 0 aliphatic heterocycles. The molecule has 0 spiro atoms. The van der Waals surface area contributed by atoms with Crippen LogP contribution in [0.4, 0.5) is 0 Å². The molecule has 0 aliphatic rings. The Balaban J connectivity index is 3.26. The zero-order valence-corrected chi connectivity index (χ0v) is 25.6. The van der Waals surface area contributed by atoms with Gasteiger partial charge in [-0.15, -0.1) is 0 Å². The van der Waals surface area contributed by atoms with Crippen LogP contribution in [0.15, 0.2) is 0 Å². The number of hydrogen-bond acceptors (Lipinski definition) is 4. The molecule has 0 radical (unpaired) electrons. The first kappa shape index (κ1) is 37.1. The normalized spacial score (nSPS) is 11.2. The van der Waals surface area contributed by atoms with Gasteiger partial charge in [0, 0.05) is 19.4 Å². The van der Waals surface area contributed by atoms with E-state index in [2.05, 4.69) is 6.92 Å². The van der Waals surface area contributed by atoms with Crippen LogP contribution >= 0.6 is 0 Å². The molecule has 0 aromatic carbocycles. The van der Waals surface area contributed by atoms with Crippen LogP contribution in [0.3, 0.4) is 0 Å². The predicted molar refractivity (Wildman–Crippen MR) is 162 cm³/mol. The van der Waals surface area contributed by atoms with Crippen molar-refractivity contribution in [2.45, 2.75) is 200 Å². The topological polar surface area (TPSA) is 63.6 Å². The lowest BCUT2D eigenvalue weighted by Gasteiger charge is -2.05. The van der Waals surface area contributed by atoms with Crippen molar-refractivity contribution < 1.29 is 19.4 Å². The molecule has 0 amide bonds. The van der Waals surface area contributed by atoms with Crippen molar-refractivity contribution >= 4 is 11.9 Å². The van der Waals surface area contributed by atoms with Gasteiger partial charge in [0.05, 0.1) is 0 Å². The fourth-order valence-electron chi connectivity index (χ4n) is 5.20. The van der Waals surface area contributed by atoms with Gasteiger partial charge in [-0.2, -0.15) is 0 Å². The number of unbranched alkanes of at least 4 members (excludes halogenated alkanes) is 26. The van der Waals surface area contributed by atoms with Gasteiger partial charge in [-0.05, 0) is 19.3 Å². The third-order valence-electron chi connectivity index (χ3n) is 7.75. The van der Waals surface area contributed by atoms with Crippen LogP contribution in [-0.2, 0) is 14.3 Å². The third kappa shape index (κ3) is 31.3. The number of ether oxygens (including phenoxy) is 1. The minimum atomic E-state index is -0.334. The fourth-order valence-corrected chi connectivity index (χ4v) is 5.20. The van der Waals surface area contributed by atoms with Gasteiger partial charge in [0.2, 0.25) is 0 Å². The highest BCUT2D eigenvalue weighted by Gasteiger charge is 2.09. The van der Waals surface area contributed by atoms with Crippen molar-refractivity contribution in [1.82, 2.24) is 0 Å². The summed E-state index contributed by atoms with van der Waals surface area (Å²) in [4.78, 5) is 23.7. The molecule has 0 unspecified atom stereocenters. The minimum Gasteiger partial charge on any atom is -0.396 e. The second-order valence-electron chi connectivity index (χ2n) is 11.6. The standard InChI is InChI=1S/C34H66O4/c1-2-3-4-5-6-7-15-18-21-24-27-30-33(36)38-34(37)31-28-25-22-19-16-13-11-9-8-10-12-14-17-20-23-26-29-32-35/h35H,2-32H2,1H3. The number of aliphatic hydroxyl groups excluding tert-OH is 1. The summed E-state index contributed by atoms with van der Waals surface area (Å²) in [6.07, 6.45) is 35.9. The molecule has 38 heavy (non-hydrogen) atoms. The van der Waals surface area contributed by atoms with E-state index in [-0.39, 0.29) is 11.9 Å². The van der Waals surface area contributed by atoms with Gasteiger partial charge in [-0.25, -0.2) is 0 Å². The minimum absolute atomic E-state index is 0.333. The zero-order chi connectivity index (χ0) is 27.8. The molecule has 4 nitrogen and oxygen atoms in total. The molecule has 4 heteroatoms. The van der Waals surface area contributed by atoms with Gasteiger partial charge < -0.3 is 9.84 Å². The summed E-state index contributed by atoms with van der Waals surface area (Å²) in [5.74, 6) is -0.667. The molecule has 0 saturated carbocycles. The van der Waals surface area contributed by atoms with Crippen molar-refractivity contribution in [1.29, 1.82) is 0 Å². The Labute approximate surface area is 237 Å². The van der Waals surface area contributed by atoms with E-state index < -0.39 is 0 Å². The highest BCUT2D eigenvalue weighted by atomic mass is 16.6. The quantitative estimate of drug-likeness (QED) is 0.0541. The first-order valence-corrected chi connectivity index (χ1v) is 17.0. The van der Waals surface area contributed by atoms with Crippen molar-refractivity contribution in [3.05, 3.63) is 0 Å². The molecule has 0 atom stereocenters. The maximum absolute atomic E-state index is 11.9. The summed E-state index contributed by atoms with van der Waals surface area (Å²) in [7, 11) is 0. The van der Waals surface area contributed by atoms with Crippen LogP contribution in [0.2, 0.25) is 0 Å². The second kappa shape index (κ2) is 32.3. The Morgan fingerprint density at radius 3 is 0.895 bits per heavy atom. The summed E-state index contributed by atoms with van der Waals surface area (Å²) in [5.41, 5.74) is 0. The van der Waals surface area contributed by atoms with Crippen molar-refractivity contribution in [3.63, 3.8) is 0 Å². The fraction of sp³-hybridized carbons (Fsp3) is 0.941. The van der Waals surface area contributed by atoms with Crippen molar-refractivity contribution in [3.8, 4) is 0 Å². The monoisotopic (exact) mass is 538 g/mol. The smallest absolute Gasteiger partial charge is 0.313 e. The van der Waals surface area contributed by atoms with Gasteiger partial charge in [0.25, 0.3) is 0 Å². The van der Waals surface area contributed by atoms with Crippen LogP contribution in [0, 0.1) is 0 Å². The Morgan fingerprint density at radius 2 is 0.632 bits per heavy atom. The molecule has 0 aliphatic carbocycles. The summed E-state index contributed by atoms with van der Waals surface area (Å²) in [6.45, 7) is 2.60. The Bertz CT molecular complexity index is 491. The lowest BCUT2D eigenvalue weighted by molar-refractivity contribution is -0.159. The van der Waals surface area contributed by atoms with Gasteiger partial charge in [0.15, 0.2) is 0 Å². The van der Waals surface area contributed by atoms with E-state index in [1.165, 1.54) is 148 Å². The molecular formula is C34H66O4. The number of carbonyl (C=O) groups is 2. The van der Waals surface area contributed by atoms with Gasteiger partial charge in [-0.3, -0.25) is 9.59 Å². The van der Waals surface area contributed by atoms with Crippen molar-refractivity contribution in [2.75, 3.05) is 6.61 Å². The summed E-state index contributed by atoms with van der Waals surface area (Å²) in [5, 5.41) is 8.77. The van der Waals surface area contributed by atoms with E-state index in [1.54, 1.807) is 0 Å². The molecule has 226 valence electrons. The first-order valence-electron chi connectivity index (χ1n) is 17.0.